The molecule has 2 N–H and O–H groups in total. The van der Waals surface area contributed by atoms with Gasteiger partial charge in [-0.2, -0.15) is 0 Å². The number of carbonyl (C=O) groups is 1. The number of rotatable bonds is 12. The zero-order valence-corrected chi connectivity index (χ0v) is 10.8. The second-order valence-corrected chi connectivity index (χ2v) is 3.78. The maximum atomic E-state index is 11.2. The van der Waals surface area contributed by atoms with Crippen LogP contribution in [0, 0.1) is 0 Å². The molecule has 5 heteroatoms. The maximum Gasteiger partial charge on any atom is 0.305 e. The molecule has 17 heavy (non-hydrogen) atoms. The highest BCUT2D eigenvalue weighted by molar-refractivity contribution is 5.69. The van der Waals surface area contributed by atoms with E-state index in [1.807, 2.05) is 0 Å². The first-order chi connectivity index (χ1) is 8.31. The van der Waals surface area contributed by atoms with E-state index in [2.05, 4.69) is 0 Å². The third kappa shape index (κ3) is 13.3. The molecule has 0 unspecified atom stereocenters. The van der Waals surface area contributed by atoms with Gasteiger partial charge in [-0.25, -0.2) is 0 Å². The summed E-state index contributed by atoms with van der Waals surface area (Å²) >= 11 is 0. The number of methoxy groups -OCH3 is 1. The van der Waals surface area contributed by atoms with Gasteiger partial charge in [0.1, 0.15) is 0 Å². The molecule has 0 spiro atoms. The lowest BCUT2D eigenvalue weighted by Gasteiger charge is -2.05. The van der Waals surface area contributed by atoms with E-state index in [9.17, 15) is 4.79 Å². The van der Waals surface area contributed by atoms with Crippen LogP contribution in [-0.2, 0) is 19.0 Å². The van der Waals surface area contributed by atoms with E-state index in [0.717, 1.165) is 25.7 Å². The van der Waals surface area contributed by atoms with Crippen LogP contribution in [0.15, 0.2) is 0 Å². The van der Waals surface area contributed by atoms with Gasteiger partial charge in [-0.05, 0) is 19.4 Å². The van der Waals surface area contributed by atoms with Crippen LogP contribution in [0.2, 0.25) is 0 Å². The van der Waals surface area contributed by atoms with Crippen LogP contribution in [0.4, 0.5) is 0 Å². The van der Waals surface area contributed by atoms with Gasteiger partial charge in [0, 0.05) is 26.6 Å². The van der Waals surface area contributed by atoms with E-state index in [-0.39, 0.29) is 5.97 Å². The predicted molar refractivity (Wildman–Crippen MR) is 65.8 cm³/mol. The topological polar surface area (TPSA) is 70.8 Å². The minimum absolute atomic E-state index is 0.126. The molecule has 0 aromatic carbocycles. The minimum Gasteiger partial charge on any atom is -0.466 e. The maximum absolute atomic E-state index is 11.2. The summed E-state index contributed by atoms with van der Waals surface area (Å²) in [4.78, 5) is 11.2. The lowest BCUT2D eigenvalue weighted by Crippen LogP contribution is -2.09. The van der Waals surface area contributed by atoms with E-state index >= 15 is 0 Å². The van der Waals surface area contributed by atoms with E-state index < -0.39 is 0 Å². The third-order valence-corrected chi connectivity index (χ3v) is 2.21. The van der Waals surface area contributed by atoms with Crippen molar-refractivity contribution >= 4 is 5.97 Å². The SMILES string of the molecule is COCCOCCCOC(=O)CCCCCN. The lowest BCUT2D eigenvalue weighted by molar-refractivity contribution is -0.144. The highest BCUT2D eigenvalue weighted by Crippen LogP contribution is 2.00. The molecule has 0 aromatic heterocycles. The fourth-order valence-electron chi connectivity index (χ4n) is 1.25. The van der Waals surface area contributed by atoms with Crippen LogP contribution in [0.5, 0.6) is 0 Å². The molecular formula is C12H25NO4. The van der Waals surface area contributed by atoms with Crippen molar-refractivity contribution in [1.29, 1.82) is 0 Å². The summed E-state index contributed by atoms with van der Waals surface area (Å²) in [6, 6.07) is 0. The summed E-state index contributed by atoms with van der Waals surface area (Å²) in [6.07, 6.45) is 4.05. The van der Waals surface area contributed by atoms with Gasteiger partial charge in [-0.1, -0.05) is 6.42 Å². The summed E-state index contributed by atoms with van der Waals surface area (Å²) < 4.78 is 15.1. The van der Waals surface area contributed by atoms with E-state index in [4.69, 9.17) is 19.9 Å². The molecule has 0 aliphatic carbocycles. The molecule has 0 atom stereocenters. The van der Waals surface area contributed by atoms with Gasteiger partial charge in [0.25, 0.3) is 0 Å². The lowest BCUT2D eigenvalue weighted by atomic mass is 10.2. The van der Waals surface area contributed by atoms with Crippen molar-refractivity contribution in [3.63, 3.8) is 0 Å². The van der Waals surface area contributed by atoms with E-state index in [1.165, 1.54) is 0 Å². The number of unbranched alkanes of at least 4 members (excludes halogenated alkanes) is 2. The van der Waals surface area contributed by atoms with Gasteiger partial charge < -0.3 is 19.9 Å². The Balaban J connectivity index is 3.11. The summed E-state index contributed by atoms with van der Waals surface area (Å²) in [5.41, 5.74) is 5.35. The fourth-order valence-corrected chi connectivity index (χ4v) is 1.25. The Morgan fingerprint density at radius 3 is 2.53 bits per heavy atom. The highest BCUT2D eigenvalue weighted by Gasteiger charge is 2.01. The average molecular weight is 247 g/mol. The van der Waals surface area contributed by atoms with Crippen molar-refractivity contribution < 1.29 is 19.0 Å². The van der Waals surface area contributed by atoms with Crippen LogP contribution in [0.1, 0.15) is 32.1 Å². The molecule has 0 rings (SSSR count). The molecule has 0 saturated heterocycles. The van der Waals surface area contributed by atoms with Crippen molar-refractivity contribution in [3.8, 4) is 0 Å². The largest absolute Gasteiger partial charge is 0.466 e. The van der Waals surface area contributed by atoms with Gasteiger partial charge in [-0.3, -0.25) is 4.79 Å². The number of carbonyl (C=O) groups excluding carboxylic acids is 1. The monoisotopic (exact) mass is 247 g/mol. The van der Waals surface area contributed by atoms with Gasteiger partial charge in [-0.15, -0.1) is 0 Å². The molecule has 0 aliphatic rings. The van der Waals surface area contributed by atoms with Crippen molar-refractivity contribution in [2.75, 3.05) is 40.1 Å². The smallest absolute Gasteiger partial charge is 0.305 e. The Labute approximate surface area is 104 Å². The summed E-state index contributed by atoms with van der Waals surface area (Å²) in [5.74, 6) is -0.126. The number of nitrogens with two attached hydrogens (primary N) is 1. The molecule has 0 aromatic rings. The molecule has 5 nitrogen and oxygen atoms in total. The van der Waals surface area contributed by atoms with Crippen molar-refractivity contribution in [3.05, 3.63) is 0 Å². The summed E-state index contributed by atoms with van der Waals surface area (Å²) in [7, 11) is 1.63. The van der Waals surface area contributed by atoms with E-state index in [0.29, 0.717) is 39.4 Å². The number of hydrogen-bond acceptors (Lipinski definition) is 5. The Morgan fingerprint density at radius 1 is 1.00 bits per heavy atom. The molecule has 0 aliphatic heterocycles. The van der Waals surface area contributed by atoms with E-state index in [1.54, 1.807) is 7.11 Å². The Morgan fingerprint density at radius 2 is 1.82 bits per heavy atom. The van der Waals surface area contributed by atoms with Crippen LogP contribution in [0.25, 0.3) is 0 Å². The molecule has 0 bridgehead atoms. The molecule has 0 amide bonds. The summed E-state index contributed by atoms with van der Waals surface area (Å²) in [5, 5.41) is 0. The second kappa shape index (κ2) is 13.4. The third-order valence-electron chi connectivity index (χ3n) is 2.21. The molecule has 0 heterocycles. The quantitative estimate of drug-likeness (QED) is 0.413. The average Bonchev–Trinajstić information content (AvgIpc) is 2.33. The number of ether oxygens (including phenoxy) is 3. The molecule has 0 fully saturated rings. The van der Waals surface area contributed by atoms with Crippen molar-refractivity contribution in [2.45, 2.75) is 32.1 Å². The van der Waals surface area contributed by atoms with Crippen LogP contribution < -0.4 is 5.73 Å². The van der Waals surface area contributed by atoms with Crippen molar-refractivity contribution in [1.82, 2.24) is 0 Å². The summed E-state index contributed by atoms with van der Waals surface area (Å²) in [6.45, 7) is 2.91. The Kier molecular flexibility index (Phi) is 12.9. The number of hydrogen-bond donors (Lipinski definition) is 1. The normalized spacial score (nSPS) is 10.5. The Bertz CT molecular complexity index is 176. The minimum atomic E-state index is -0.126. The zero-order chi connectivity index (χ0) is 12.8. The van der Waals surface area contributed by atoms with Crippen LogP contribution in [-0.4, -0.2) is 46.1 Å². The van der Waals surface area contributed by atoms with Gasteiger partial charge in [0.15, 0.2) is 0 Å². The first-order valence-corrected chi connectivity index (χ1v) is 6.23. The van der Waals surface area contributed by atoms with Gasteiger partial charge in [0.2, 0.25) is 0 Å². The highest BCUT2D eigenvalue weighted by atomic mass is 16.5. The predicted octanol–water partition coefficient (Wildman–Crippen LogP) is 1.10. The first-order valence-electron chi connectivity index (χ1n) is 6.23. The first kappa shape index (κ1) is 16.4. The van der Waals surface area contributed by atoms with Gasteiger partial charge in [0.05, 0.1) is 19.8 Å². The second-order valence-electron chi connectivity index (χ2n) is 3.78. The molecule has 102 valence electrons. The molecule has 0 radical (unpaired) electrons. The fraction of sp³-hybridized carbons (Fsp3) is 0.917. The zero-order valence-electron chi connectivity index (χ0n) is 10.8. The standard InChI is InChI=1S/C12H25NO4/c1-15-10-11-16-8-5-9-17-12(14)6-3-2-4-7-13/h2-11,13H2,1H3. The van der Waals surface area contributed by atoms with Crippen LogP contribution >= 0.6 is 0 Å². The van der Waals surface area contributed by atoms with Crippen molar-refractivity contribution in [2.24, 2.45) is 5.73 Å². The van der Waals surface area contributed by atoms with Gasteiger partial charge >= 0.3 is 5.97 Å². The Hall–Kier alpha value is -0.650. The molecular weight excluding hydrogens is 222 g/mol. The van der Waals surface area contributed by atoms with Crippen LogP contribution in [0.3, 0.4) is 0 Å². The number of esters is 1. The molecule has 0 saturated carbocycles.